The number of aliphatic hydroxyl groups excluding tert-OH is 1. The summed E-state index contributed by atoms with van der Waals surface area (Å²) in [6.07, 6.45) is 14.7. The Kier molecular flexibility index (Phi) is 7.50. The van der Waals surface area contributed by atoms with E-state index in [1.165, 1.54) is 16.7 Å². The number of aryl methyl sites for hydroxylation is 2. The van der Waals surface area contributed by atoms with Gasteiger partial charge >= 0.3 is 0 Å². The molecule has 0 saturated heterocycles. The zero-order chi connectivity index (χ0) is 19.9. The molecule has 3 rings (SSSR count). The van der Waals surface area contributed by atoms with Gasteiger partial charge in [0.1, 0.15) is 0 Å². The summed E-state index contributed by atoms with van der Waals surface area (Å²) >= 11 is 0. The van der Waals surface area contributed by atoms with Crippen LogP contribution in [-0.2, 0) is 11.2 Å². The number of rotatable bonds is 9. The lowest BCUT2D eigenvalue weighted by molar-refractivity contribution is -0.120. The number of amides is 1. The molecular formula is C25H35NO2. The Labute approximate surface area is 169 Å². The maximum Gasteiger partial charge on any atom is 0.219 e. The molecular weight excluding hydrogens is 346 g/mol. The summed E-state index contributed by atoms with van der Waals surface area (Å²) in [4.78, 5) is 11.3. The average molecular weight is 382 g/mol. The molecule has 0 aliphatic heterocycles. The molecule has 0 spiro atoms. The fourth-order valence-corrected chi connectivity index (χ4v) is 4.92. The highest BCUT2D eigenvalue weighted by atomic mass is 16.3. The number of aliphatic hydroxyl groups is 1. The van der Waals surface area contributed by atoms with Crippen LogP contribution in [0, 0.1) is 24.7 Å². The first-order valence-corrected chi connectivity index (χ1v) is 10.9. The maximum atomic E-state index is 11.3. The Morgan fingerprint density at radius 1 is 1.29 bits per heavy atom. The number of unbranched alkanes of at least 4 members (excludes halogenated alkanes) is 1. The van der Waals surface area contributed by atoms with Crippen molar-refractivity contribution in [1.82, 2.24) is 5.32 Å². The minimum absolute atomic E-state index is 0.135. The van der Waals surface area contributed by atoms with E-state index < -0.39 is 0 Å². The van der Waals surface area contributed by atoms with Crippen LogP contribution >= 0.6 is 0 Å². The third-order valence-electron chi connectivity index (χ3n) is 6.42. The average Bonchev–Trinajstić information content (AvgIpc) is 3.19. The molecule has 1 amide bonds. The predicted molar refractivity (Wildman–Crippen MR) is 115 cm³/mol. The number of nitrogens with one attached hydrogen (secondary N) is 1. The van der Waals surface area contributed by atoms with Crippen molar-refractivity contribution in [3.05, 3.63) is 59.2 Å². The molecule has 2 aliphatic carbocycles. The Bertz CT molecular complexity index is 721. The van der Waals surface area contributed by atoms with Gasteiger partial charge in [-0.2, -0.15) is 0 Å². The number of allylic oxidation sites excluding steroid dienone is 3. The van der Waals surface area contributed by atoms with Gasteiger partial charge in [0.25, 0.3) is 0 Å². The summed E-state index contributed by atoms with van der Waals surface area (Å²) in [5.41, 5.74) is 4.24. The molecule has 1 aromatic rings. The first kappa shape index (κ1) is 20.9. The highest BCUT2D eigenvalue weighted by Gasteiger charge is 2.42. The molecule has 3 heteroatoms. The van der Waals surface area contributed by atoms with Crippen LogP contribution in [0.2, 0.25) is 0 Å². The second-order valence-corrected chi connectivity index (χ2v) is 8.57. The van der Waals surface area contributed by atoms with Crippen molar-refractivity contribution in [3.8, 4) is 0 Å². The van der Waals surface area contributed by atoms with Gasteiger partial charge in [-0.25, -0.2) is 0 Å². The van der Waals surface area contributed by atoms with Gasteiger partial charge < -0.3 is 10.4 Å². The van der Waals surface area contributed by atoms with Crippen LogP contribution in [0.1, 0.15) is 56.1 Å². The van der Waals surface area contributed by atoms with E-state index in [0.717, 1.165) is 44.9 Å². The SMILES string of the molecule is CNC(=O)CCCCC1=C[C@H]2C[C@@H](O)[C@H](C=CCCc3cccc(C)c3)[C@H]2C1. The summed E-state index contributed by atoms with van der Waals surface area (Å²) in [7, 11) is 1.70. The first-order valence-electron chi connectivity index (χ1n) is 10.9. The van der Waals surface area contributed by atoms with Gasteiger partial charge in [0.15, 0.2) is 0 Å². The van der Waals surface area contributed by atoms with Crippen LogP contribution < -0.4 is 5.32 Å². The Balaban J connectivity index is 1.44. The second kappa shape index (κ2) is 10.1. The van der Waals surface area contributed by atoms with Gasteiger partial charge in [-0.05, 0) is 69.3 Å². The van der Waals surface area contributed by atoms with E-state index in [1.54, 1.807) is 7.05 Å². The van der Waals surface area contributed by atoms with Crippen molar-refractivity contribution < 1.29 is 9.90 Å². The molecule has 0 aromatic heterocycles. The van der Waals surface area contributed by atoms with E-state index >= 15 is 0 Å². The summed E-state index contributed by atoms with van der Waals surface area (Å²) in [5.74, 6) is 1.54. The number of hydrogen-bond donors (Lipinski definition) is 2. The van der Waals surface area contributed by atoms with Crippen molar-refractivity contribution in [3.63, 3.8) is 0 Å². The molecule has 3 nitrogen and oxygen atoms in total. The molecule has 2 aliphatic rings. The van der Waals surface area contributed by atoms with Gasteiger partial charge in [-0.1, -0.05) is 53.6 Å². The normalized spacial score (nSPS) is 26.5. The van der Waals surface area contributed by atoms with Crippen molar-refractivity contribution in [2.75, 3.05) is 7.05 Å². The Morgan fingerprint density at radius 3 is 2.93 bits per heavy atom. The van der Waals surface area contributed by atoms with Crippen molar-refractivity contribution in [2.24, 2.45) is 17.8 Å². The Morgan fingerprint density at radius 2 is 2.14 bits per heavy atom. The van der Waals surface area contributed by atoms with Crippen molar-refractivity contribution in [2.45, 2.75) is 64.4 Å². The standard InChI is InChI=1S/C25H35NO2/c1-18-8-7-11-19(14-18)9-3-5-12-22-23-16-20(15-21(23)17-24(22)27)10-4-6-13-25(28)26-2/h5,7-8,11-12,14-15,21-24,27H,3-4,6,9-10,13,16-17H2,1-2H3,(H,26,28)/t21-,22+,23-,24+/m0/s1. The molecule has 1 aromatic carbocycles. The fourth-order valence-electron chi connectivity index (χ4n) is 4.92. The quantitative estimate of drug-likeness (QED) is 0.480. The molecule has 1 fully saturated rings. The van der Waals surface area contributed by atoms with Crippen LogP contribution in [0.25, 0.3) is 0 Å². The minimum atomic E-state index is -0.198. The highest BCUT2D eigenvalue weighted by molar-refractivity contribution is 5.75. The van der Waals surface area contributed by atoms with E-state index in [1.807, 2.05) is 0 Å². The summed E-state index contributed by atoms with van der Waals surface area (Å²) in [5, 5.41) is 13.2. The predicted octanol–water partition coefficient (Wildman–Crippen LogP) is 4.73. The molecule has 28 heavy (non-hydrogen) atoms. The van der Waals surface area contributed by atoms with Gasteiger partial charge in [-0.3, -0.25) is 4.79 Å². The third-order valence-corrected chi connectivity index (χ3v) is 6.42. The summed E-state index contributed by atoms with van der Waals surface area (Å²) < 4.78 is 0. The first-order chi connectivity index (χ1) is 13.6. The number of carbonyl (C=O) groups is 1. The van der Waals surface area contributed by atoms with Crippen LogP contribution in [-0.4, -0.2) is 24.2 Å². The van der Waals surface area contributed by atoms with Gasteiger partial charge in [0, 0.05) is 19.4 Å². The second-order valence-electron chi connectivity index (χ2n) is 8.57. The van der Waals surface area contributed by atoms with E-state index in [9.17, 15) is 9.90 Å². The molecule has 0 heterocycles. The minimum Gasteiger partial charge on any atom is -0.392 e. The molecule has 0 radical (unpaired) electrons. The highest BCUT2D eigenvalue weighted by Crippen LogP contribution is 2.48. The lowest BCUT2D eigenvalue weighted by Crippen LogP contribution is -2.17. The Hall–Kier alpha value is -1.87. The number of benzene rings is 1. The van der Waals surface area contributed by atoms with Crippen LogP contribution in [0.5, 0.6) is 0 Å². The van der Waals surface area contributed by atoms with Gasteiger partial charge in [-0.15, -0.1) is 0 Å². The van der Waals surface area contributed by atoms with Crippen LogP contribution in [0.4, 0.5) is 0 Å². The summed E-state index contributed by atoms with van der Waals surface area (Å²) in [6.45, 7) is 2.14. The van der Waals surface area contributed by atoms with E-state index in [0.29, 0.717) is 24.2 Å². The third kappa shape index (κ3) is 5.57. The zero-order valence-corrected chi connectivity index (χ0v) is 17.4. The largest absolute Gasteiger partial charge is 0.392 e. The van der Waals surface area contributed by atoms with Crippen LogP contribution in [0.3, 0.4) is 0 Å². The number of fused-ring (bicyclic) bond motifs is 1. The van der Waals surface area contributed by atoms with Gasteiger partial charge in [0.05, 0.1) is 6.10 Å². The van der Waals surface area contributed by atoms with Crippen molar-refractivity contribution >= 4 is 5.91 Å². The topological polar surface area (TPSA) is 49.3 Å². The van der Waals surface area contributed by atoms with E-state index in [4.69, 9.17) is 0 Å². The fraction of sp³-hybridized carbons (Fsp3) is 0.560. The van der Waals surface area contributed by atoms with E-state index in [2.05, 4.69) is 54.7 Å². The number of carbonyl (C=O) groups excluding carboxylic acids is 1. The lowest BCUT2D eigenvalue weighted by Gasteiger charge is -2.18. The molecule has 0 unspecified atom stereocenters. The zero-order valence-electron chi connectivity index (χ0n) is 17.4. The molecule has 152 valence electrons. The molecule has 1 saturated carbocycles. The lowest BCUT2D eigenvalue weighted by atomic mass is 9.88. The smallest absolute Gasteiger partial charge is 0.219 e. The van der Waals surface area contributed by atoms with Crippen LogP contribution in [0.15, 0.2) is 48.1 Å². The van der Waals surface area contributed by atoms with E-state index in [-0.39, 0.29) is 12.0 Å². The summed E-state index contributed by atoms with van der Waals surface area (Å²) in [6, 6.07) is 8.71. The van der Waals surface area contributed by atoms with Gasteiger partial charge in [0.2, 0.25) is 5.91 Å². The van der Waals surface area contributed by atoms with Crippen molar-refractivity contribution in [1.29, 1.82) is 0 Å². The molecule has 0 bridgehead atoms. The number of hydrogen-bond acceptors (Lipinski definition) is 2. The monoisotopic (exact) mass is 381 g/mol. The molecule has 4 atom stereocenters. The maximum absolute atomic E-state index is 11.3. The molecule has 2 N–H and O–H groups in total.